The average molecular weight is 638 g/mol. The van der Waals surface area contributed by atoms with E-state index in [4.69, 9.17) is 0 Å². The van der Waals surface area contributed by atoms with Gasteiger partial charge in [-0.2, -0.15) is 26.3 Å². The third-order valence-corrected chi connectivity index (χ3v) is 7.99. The van der Waals surface area contributed by atoms with E-state index >= 15 is 0 Å². The molecule has 0 bridgehead atoms. The van der Waals surface area contributed by atoms with Gasteiger partial charge in [-0.15, -0.1) is 12.4 Å². The molecule has 1 N–H and O–H groups in total. The number of H-pyrrole nitrogens is 1. The Morgan fingerprint density at radius 2 is 1.50 bits per heavy atom. The second-order valence-electron chi connectivity index (χ2n) is 11.0. The summed E-state index contributed by atoms with van der Waals surface area (Å²) in [4.78, 5) is 33.2. The lowest BCUT2D eigenvalue weighted by atomic mass is 9.98. The summed E-state index contributed by atoms with van der Waals surface area (Å²) in [7, 11) is 0. The summed E-state index contributed by atoms with van der Waals surface area (Å²) in [5.74, 6) is -1.05. The van der Waals surface area contributed by atoms with Gasteiger partial charge in [-0.05, 0) is 67.3 Å². The molecule has 2 heterocycles. The highest BCUT2D eigenvalue weighted by Crippen LogP contribution is 2.37. The van der Waals surface area contributed by atoms with Crippen molar-refractivity contribution in [2.45, 2.75) is 38.7 Å². The summed E-state index contributed by atoms with van der Waals surface area (Å²) in [5, 5.41) is 0.886. The van der Waals surface area contributed by atoms with Gasteiger partial charge in [-0.1, -0.05) is 30.3 Å². The third kappa shape index (κ3) is 7.10. The van der Waals surface area contributed by atoms with Gasteiger partial charge in [0.1, 0.15) is 0 Å². The number of ketones is 1. The number of nitrogens with zero attached hydrogens (tertiary/aromatic N) is 2. The fraction of sp³-hybridized carbons (Fsp3) is 0.312. The summed E-state index contributed by atoms with van der Waals surface area (Å²) >= 11 is 0. The molecule has 1 atom stereocenters. The molecule has 0 radical (unpaired) electrons. The second-order valence-corrected chi connectivity index (χ2v) is 11.0. The zero-order valence-electron chi connectivity index (χ0n) is 23.9. The van der Waals surface area contributed by atoms with Crippen molar-refractivity contribution in [3.8, 4) is 0 Å². The molecule has 3 aromatic carbocycles. The number of halogens is 7. The molecule has 1 aliphatic rings. The van der Waals surface area contributed by atoms with E-state index in [-0.39, 0.29) is 56.9 Å². The van der Waals surface area contributed by atoms with Crippen LogP contribution in [-0.4, -0.2) is 58.7 Å². The number of rotatable bonds is 6. The van der Waals surface area contributed by atoms with E-state index in [2.05, 4.69) is 4.98 Å². The largest absolute Gasteiger partial charge is 0.416 e. The summed E-state index contributed by atoms with van der Waals surface area (Å²) < 4.78 is 81.3. The van der Waals surface area contributed by atoms with Crippen LogP contribution in [0.2, 0.25) is 0 Å². The number of alkyl halides is 6. The minimum Gasteiger partial charge on any atom is -0.361 e. The van der Waals surface area contributed by atoms with E-state index in [1.807, 2.05) is 55.1 Å². The van der Waals surface area contributed by atoms with Crippen LogP contribution in [0.1, 0.15) is 48.5 Å². The molecule has 1 saturated heterocycles. The number of benzene rings is 3. The van der Waals surface area contributed by atoms with Gasteiger partial charge in [0, 0.05) is 53.9 Å². The lowest BCUT2D eigenvalue weighted by molar-refractivity contribution is -0.143. The van der Waals surface area contributed by atoms with Crippen LogP contribution in [0.5, 0.6) is 0 Å². The third-order valence-electron chi connectivity index (χ3n) is 7.99. The van der Waals surface area contributed by atoms with Crippen molar-refractivity contribution in [2.75, 3.05) is 26.2 Å². The molecular formula is C32H30ClF6N3O2. The number of carbonyl (C=O) groups is 2. The molecule has 12 heteroatoms. The van der Waals surface area contributed by atoms with Gasteiger partial charge in [-0.3, -0.25) is 14.5 Å². The highest BCUT2D eigenvalue weighted by molar-refractivity contribution is 5.98. The highest BCUT2D eigenvalue weighted by Gasteiger charge is 2.39. The van der Waals surface area contributed by atoms with Crippen LogP contribution < -0.4 is 0 Å². The Morgan fingerprint density at radius 1 is 0.841 bits per heavy atom. The van der Waals surface area contributed by atoms with E-state index < -0.39 is 41.0 Å². The van der Waals surface area contributed by atoms with Gasteiger partial charge in [0.2, 0.25) is 0 Å². The van der Waals surface area contributed by atoms with Gasteiger partial charge >= 0.3 is 12.4 Å². The van der Waals surface area contributed by atoms with Gasteiger partial charge in [0.15, 0.2) is 5.78 Å². The fourth-order valence-corrected chi connectivity index (χ4v) is 5.51. The maximum absolute atomic E-state index is 13.7. The van der Waals surface area contributed by atoms with Crippen LogP contribution in [0.4, 0.5) is 26.3 Å². The monoisotopic (exact) mass is 637 g/mol. The van der Waals surface area contributed by atoms with Crippen LogP contribution in [-0.2, 0) is 18.8 Å². The van der Waals surface area contributed by atoms with Gasteiger partial charge in [0.25, 0.3) is 5.91 Å². The Labute approximate surface area is 256 Å². The number of para-hydroxylation sites is 1. The smallest absolute Gasteiger partial charge is 0.361 e. The number of Topliss-reactive ketones (excluding diaryl/α,β-unsaturated/α-hetero) is 1. The minimum absolute atomic E-state index is 0. The summed E-state index contributed by atoms with van der Waals surface area (Å²) in [5.41, 5.74) is 0.460. The van der Waals surface area contributed by atoms with Crippen molar-refractivity contribution in [3.63, 3.8) is 0 Å². The summed E-state index contributed by atoms with van der Waals surface area (Å²) in [6, 6.07) is 13.2. The zero-order chi connectivity index (χ0) is 31.1. The maximum atomic E-state index is 13.7. The normalized spacial score (nSPS) is 16.2. The Kier molecular flexibility index (Phi) is 9.51. The summed E-state index contributed by atoms with van der Waals surface area (Å²) in [6.07, 6.45) is -8.10. The molecule has 5 nitrogen and oxygen atoms in total. The zero-order valence-corrected chi connectivity index (χ0v) is 24.7. The molecule has 44 heavy (non-hydrogen) atoms. The van der Waals surface area contributed by atoms with Crippen molar-refractivity contribution in [1.82, 2.24) is 14.8 Å². The Morgan fingerprint density at radius 3 is 2.14 bits per heavy atom. The number of carbonyl (C=O) groups excluding carboxylic acids is 2. The Bertz CT molecular complexity index is 1650. The predicted octanol–water partition coefficient (Wildman–Crippen LogP) is 7.50. The van der Waals surface area contributed by atoms with Gasteiger partial charge in [0.05, 0.1) is 17.7 Å². The number of piperazine rings is 1. The molecule has 5 rings (SSSR count). The Balaban J connectivity index is 0.00000442. The molecular weight excluding hydrogens is 608 g/mol. The van der Waals surface area contributed by atoms with Crippen molar-refractivity contribution < 1.29 is 35.9 Å². The van der Waals surface area contributed by atoms with Crippen molar-refractivity contribution >= 4 is 35.0 Å². The van der Waals surface area contributed by atoms with E-state index in [1.54, 1.807) is 12.3 Å². The molecule has 1 fully saturated rings. The highest BCUT2D eigenvalue weighted by atomic mass is 35.5. The number of fused-ring (bicyclic) bond motifs is 1. The van der Waals surface area contributed by atoms with E-state index in [0.717, 1.165) is 27.6 Å². The van der Waals surface area contributed by atoms with Crippen LogP contribution in [0.25, 0.3) is 10.9 Å². The number of hydrogen-bond donors (Lipinski definition) is 1. The molecule has 1 aliphatic heterocycles. The first-order valence-corrected chi connectivity index (χ1v) is 13.7. The van der Waals surface area contributed by atoms with E-state index in [1.165, 1.54) is 4.90 Å². The molecule has 0 unspecified atom stereocenters. The SMILES string of the molecule is Cc1ccc(C(=O)CN2CCN(C(=O)c3cc(C(F)(F)F)cc(C(F)(F)F)c3)[C@H](Cc3c[nH]c4ccccc34)C2)cc1C.Cl. The molecule has 0 spiro atoms. The van der Waals surface area contributed by atoms with Crippen molar-refractivity contribution in [1.29, 1.82) is 0 Å². The Hall–Kier alpha value is -3.83. The molecule has 1 aromatic heterocycles. The molecule has 4 aromatic rings. The number of hydrogen-bond acceptors (Lipinski definition) is 3. The van der Waals surface area contributed by atoms with E-state index in [9.17, 15) is 35.9 Å². The predicted molar refractivity (Wildman–Crippen MR) is 157 cm³/mol. The molecule has 0 aliphatic carbocycles. The van der Waals surface area contributed by atoms with Crippen LogP contribution in [0.15, 0.2) is 66.9 Å². The molecule has 1 amide bonds. The first-order valence-electron chi connectivity index (χ1n) is 13.7. The van der Waals surface area contributed by atoms with Crippen LogP contribution in [0.3, 0.4) is 0 Å². The number of amides is 1. The number of aryl methyl sites for hydroxylation is 2. The quantitative estimate of drug-likeness (QED) is 0.176. The number of aromatic amines is 1. The first-order chi connectivity index (χ1) is 20.2. The number of nitrogens with one attached hydrogen (secondary N) is 1. The van der Waals surface area contributed by atoms with E-state index in [0.29, 0.717) is 17.7 Å². The van der Waals surface area contributed by atoms with Crippen LogP contribution >= 0.6 is 12.4 Å². The first kappa shape index (κ1) is 33.1. The maximum Gasteiger partial charge on any atom is 0.416 e. The number of aromatic nitrogens is 1. The van der Waals surface area contributed by atoms with Crippen molar-refractivity contribution in [3.05, 3.63) is 106 Å². The van der Waals surface area contributed by atoms with Crippen LogP contribution in [0, 0.1) is 13.8 Å². The average Bonchev–Trinajstić information content (AvgIpc) is 3.36. The summed E-state index contributed by atoms with van der Waals surface area (Å²) in [6.45, 7) is 4.34. The van der Waals surface area contributed by atoms with Gasteiger partial charge in [-0.25, -0.2) is 0 Å². The van der Waals surface area contributed by atoms with Gasteiger partial charge < -0.3 is 9.88 Å². The molecule has 0 saturated carbocycles. The van der Waals surface area contributed by atoms with Crippen molar-refractivity contribution in [2.24, 2.45) is 0 Å². The standard InChI is InChI=1S/C32H29F6N3O2.ClH/c1-19-7-8-21(11-20(19)2)29(42)18-40-9-10-41(26(17-40)14-23-16-39-28-6-4-3-5-27(23)28)30(43)22-12-24(31(33,34)35)15-25(13-22)32(36,37)38;/h3-8,11-13,15-16,26,39H,9-10,14,17-18H2,1-2H3;1H/t26-;/m1./s1. The minimum atomic E-state index is -5.08. The lowest BCUT2D eigenvalue weighted by Crippen LogP contribution is -2.56. The topological polar surface area (TPSA) is 56.4 Å². The fourth-order valence-electron chi connectivity index (χ4n) is 5.51. The lowest BCUT2D eigenvalue weighted by Gasteiger charge is -2.41. The molecule has 234 valence electrons. The second kappa shape index (κ2) is 12.6.